The van der Waals surface area contributed by atoms with Crippen molar-refractivity contribution < 1.29 is 5.11 Å². The lowest BCUT2D eigenvalue weighted by molar-refractivity contribution is 0.143. The maximum Gasteiger partial charge on any atom is 0.133 e. The second-order valence-electron chi connectivity index (χ2n) is 4.80. The van der Waals surface area contributed by atoms with Crippen LogP contribution < -0.4 is 5.32 Å². The van der Waals surface area contributed by atoms with Gasteiger partial charge in [-0.25, -0.2) is 4.98 Å². The van der Waals surface area contributed by atoms with Gasteiger partial charge in [0.05, 0.1) is 6.10 Å². The maximum absolute atomic E-state index is 9.77. The zero-order valence-corrected chi connectivity index (χ0v) is 11.4. The van der Waals surface area contributed by atoms with Crippen molar-refractivity contribution in [2.75, 3.05) is 6.54 Å². The number of hydrogen-bond donors (Lipinski definition) is 2. The van der Waals surface area contributed by atoms with Crippen LogP contribution in [0.2, 0.25) is 5.15 Å². The molecule has 2 unspecified atom stereocenters. The summed E-state index contributed by atoms with van der Waals surface area (Å²) in [4.78, 5) is 4.04. The van der Waals surface area contributed by atoms with Crippen LogP contribution in [0, 0.1) is 5.92 Å². The molecule has 4 heteroatoms. The first-order valence-electron chi connectivity index (χ1n) is 6.02. The van der Waals surface area contributed by atoms with E-state index in [0.29, 0.717) is 17.6 Å². The van der Waals surface area contributed by atoms with Gasteiger partial charge >= 0.3 is 0 Å². The number of aliphatic hydroxyl groups excluding tert-OH is 1. The molecule has 3 nitrogen and oxygen atoms in total. The Morgan fingerprint density at radius 3 is 2.71 bits per heavy atom. The third-order valence-corrected chi connectivity index (χ3v) is 2.97. The molecule has 0 aliphatic heterocycles. The van der Waals surface area contributed by atoms with E-state index in [-0.39, 0.29) is 12.1 Å². The van der Waals surface area contributed by atoms with E-state index >= 15 is 0 Å². The molecule has 0 aromatic carbocycles. The molecule has 0 bridgehead atoms. The largest absolute Gasteiger partial charge is 0.392 e. The van der Waals surface area contributed by atoms with Crippen molar-refractivity contribution in [2.24, 2.45) is 5.92 Å². The summed E-state index contributed by atoms with van der Waals surface area (Å²) >= 11 is 6.01. The summed E-state index contributed by atoms with van der Waals surface area (Å²) in [5, 5.41) is 13.6. The normalized spacial score (nSPS) is 14.9. The lowest BCUT2D eigenvalue weighted by atomic mass is 10.1. The molecule has 0 aliphatic rings. The van der Waals surface area contributed by atoms with E-state index in [9.17, 15) is 5.11 Å². The minimum atomic E-state index is -0.312. The number of halogens is 1. The summed E-state index contributed by atoms with van der Waals surface area (Å²) in [7, 11) is 0. The highest BCUT2D eigenvalue weighted by atomic mass is 35.5. The average molecular weight is 257 g/mol. The Kier molecular flexibility index (Phi) is 5.89. The second kappa shape index (κ2) is 6.94. The molecule has 0 amide bonds. The van der Waals surface area contributed by atoms with Crippen LogP contribution in [0.3, 0.4) is 0 Å². The van der Waals surface area contributed by atoms with Crippen LogP contribution in [0.15, 0.2) is 18.3 Å². The molecule has 0 saturated carbocycles. The van der Waals surface area contributed by atoms with Crippen LogP contribution in [0.5, 0.6) is 0 Å². The molecule has 0 saturated heterocycles. The smallest absolute Gasteiger partial charge is 0.133 e. The first-order valence-corrected chi connectivity index (χ1v) is 6.40. The van der Waals surface area contributed by atoms with Crippen molar-refractivity contribution in [1.29, 1.82) is 0 Å². The summed E-state index contributed by atoms with van der Waals surface area (Å²) in [6.45, 7) is 6.80. The van der Waals surface area contributed by atoms with Gasteiger partial charge in [-0.1, -0.05) is 31.5 Å². The molecule has 96 valence electrons. The number of aromatic nitrogens is 1. The Labute approximate surface area is 108 Å². The van der Waals surface area contributed by atoms with Crippen molar-refractivity contribution in [3.63, 3.8) is 0 Å². The quantitative estimate of drug-likeness (QED) is 0.770. The van der Waals surface area contributed by atoms with Gasteiger partial charge in [0.25, 0.3) is 0 Å². The van der Waals surface area contributed by atoms with Crippen molar-refractivity contribution in [3.8, 4) is 0 Å². The van der Waals surface area contributed by atoms with E-state index in [1.165, 1.54) is 0 Å². The van der Waals surface area contributed by atoms with Crippen molar-refractivity contribution in [2.45, 2.75) is 39.3 Å². The molecule has 2 atom stereocenters. The fraction of sp³-hybridized carbons (Fsp3) is 0.615. The summed E-state index contributed by atoms with van der Waals surface area (Å²) < 4.78 is 0. The first-order chi connectivity index (χ1) is 8.00. The molecular formula is C13H21ClN2O. The van der Waals surface area contributed by atoms with Gasteiger partial charge in [-0.3, -0.25) is 0 Å². The number of hydrogen-bond acceptors (Lipinski definition) is 3. The van der Waals surface area contributed by atoms with E-state index in [0.717, 1.165) is 12.0 Å². The molecule has 2 N–H and O–H groups in total. The Morgan fingerprint density at radius 2 is 2.12 bits per heavy atom. The number of nitrogens with one attached hydrogen (secondary N) is 1. The third-order valence-electron chi connectivity index (χ3n) is 2.66. The van der Waals surface area contributed by atoms with Crippen LogP contribution in [-0.4, -0.2) is 22.7 Å². The lowest BCUT2D eigenvalue weighted by Gasteiger charge is -2.19. The van der Waals surface area contributed by atoms with E-state index in [4.69, 9.17) is 11.6 Å². The fourth-order valence-corrected chi connectivity index (χ4v) is 2.05. The Morgan fingerprint density at radius 1 is 1.41 bits per heavy atom. The van der Waals surface area contributed by atoms with Gasteiger partial charge in [-0.2, -0.15) is 0 Å². The average Bonchev–Trinajstić information content (AvgIpc) is 2.25. The van der Waals surface area contributed by atoms with Crippen LogP contribution in [0.1, 0.15) is 38.8 Å². The number of pyridine rings is 1. The molecule has 1 aromatic heterocycles. The number of aliphatic hydroxyl groups is 1. The zero-order chi connectivity index (χ0) is 12.8. The van der Waals surface area contributed by atoms with E-state index < -0.39 is 0 Å². The molecule has 0 radical (unpaired) electrons. The van der Waals surface area contributed by atoms with E-state index in [1.54, 1.807) is 6.20 Å². The van der Waals surface area contributed by atoms with Crippen molar-refractivity contribution >= 4 is 11.6 Å². The van der Waals surface area contributed by atoms with Gasteiger partial charge in [0.1, 0.15) is 5.15 Å². The third kappa shape index (κ3) is 5.02. The first kappa shape index (κ1) is 14.4. The monoisotopic (exact) mass is 256 g/mol. The predicted octanol–water partition coefficient (Wildman–Crippen LogP) is 2.79. The summed E-state index contributed by atoms with van der Waals surface area (Å²) in [5.74, 6) is 0.504. The minimum absolute atomic E-state index is 0.0954. The highest BCUT2D eigenvalue weighted by Gasteiger charge is 2.12. The molecule has 0 fully saturated rings. The number of rotatable bonds is 6. The molecule has 1 rings (SSSR count). The van der Waals surface area contributed by atoms with Crippen LogP contribution in [-0.2, 0) is 0 Å². The van der Waals surface area contributed by atoms with E-state index in [1.807, 2.05) is 19.1 Å². The van der Waals surface area contributed by atoms with Gasteiger partial charge < -0.3 is 10.4 Å². The molecule has 0 aliphatic carbocycles. The number of nitrogens with zero attached hydrogens (tertiary/aromatic N) is 1. The standard InChI is InChI=1S/C13H21ClN2O/c1-9(2)7-11(17)8-16-10(3)12-5-4-6-15-13(12)14/h4-6,9-11,16-17H,7-8H2,1-3H3. The zero-order valence-electron chi connectivity index (χ0n) is 10.7. The fourth-order valence-electron chi connectivity index (χ4n) is 1.77. The highest BCUT2D eigenvalue weighted by Crippen LogP contribution is 2.19. The van der Waals surface area contributed by atoms with Gasteiger partial charge in [-0.15, -0.1) is 0 Å². The maximum atomic E-state index is 9.77. The van der Waals surface area contributed by atoms with Crippen LogP contribution in [0.4, 0.5) is 0 Å². The Balaban J connectivity index is 2.45. The van der Waals surface area contributed by atoms with Crippen molar-refractivity contribution in [3.05, 3.63) is 29.0 Å². The van der Waals surface area contributed by atoms with Gasteiger partial charge in [0, 0.05) is 24.3 Å². The Bertz CT molecular complexity index is 344. The summed E-state index contributed by atoms with van der Waals surface area (Å²) in [6, 6.07) is 3.91. The lowest BCUT2D eigenvalue weighted by Crippen LogP contribution is -2.30. The molecule has 1 heterocycles. The summed E-state index contributed by atoms with van der Waals surface area (Å²) in [6.07, 6.45) is 2.17. The Hall–Kier alpha value is -0.640. The van der Waals surface area contributed by atoms with Gasteiger partial charge in [-0.05, 0) is 25.3 Å². The molecule has 1 aromatic rings. The van der Waals surface area contributed by atoms with E-state index in [2.05, 4.69) is 24.1 Å². The van der Waals surface area contributed by atoms with Gasteiger partial charge in [0.15, 0.2) is 0 Å². The topological polar surface area (TPSA) is 45.1 Å². The van der Waals surface area contributed by atoms with Crippen molar-refractivity contribution in [1.82, 2.24) is 10.3 Å². The van der Waals surface area contributed by atoms with Gasteiger partial charge in [0.2, 0.25) is 0 Å². The minimum Gasteiger partial charge on any atom is -0.392 e. The second-order valence-corrected chi connectivity index (χ2v) is 5.15. The molecule has 0 spiro atoms. The SMILES string of the molecule is CC(C)CC(O)CNC(C)c1cccnc1Cl. The summed E-state index contributed by atoms with van der Waals surface area (Å²) in [5.41, 5.74) is 0.964. The predicted molar refractivity (Wildman–Crippen MR) is 71.1 cm³/mol. The highest BCUT2D eigenvalue weighted by molar-refractivity contribution is 6.30. The van der Waals surface area contributed by atoms with Crippen LogP contribution in [0.25, 0.3) is 0 Å². The molecule has 17 heavy (non-hydrogen) atoms. The molecular weight excluding hydrogens is 236 g/mol. The van der Waals surface area contributed by atoms with Crippen LogP contribution >= 0.6 is 11.6 Å².